The fourth-order valence-electron chi connectivity index (χ4n) is 5.45. The number of aromatic nitrogens is 3. The molecule has 1 aliphatic carbocycles. The van der Waals surface area contributed by atoms with Crippen molar-refractivity contribution in [1.82, 2.24) is 19.4 Å². The summed E-state index contributed by atoms with van der Waals surface area (Å²) < 4.78 is 50.0. The lowest BCUT2D eigenvalue weighted by atomic mass is 9.85. The number of hydrogen-bond acceptors (Lipinski definition) is 6. The van der Waals surface area contributed by atoms with Gasteiger partial charge in [0, 0.05) is 43.3 Å². The maximum Gasteiger partial charge on any atom is 0.418 e. The summed E-state index contributed by atoms with van der Waals surface area (Å²) >= 11 is 0. The normalized spacial score (nSPS) is 25.4. The van der Waals surface area contributed by atoms with E-state index in [0.717, 1.165) is 6.20 Å². The van der Waals surface area contributed by atoms with Gasteiger partial charge in [0.2, 0.25) is 5.91 Å². The molecule has 0 aromatic carbocycles. The van der Waals surface area contributed by atoms with Gasteiger partial charge in [-0.2, -0.15) is 13.2 Å². The number of carbonyl (C=O) groups is 2. The average Bonchev–Trinajstić information content (AvgIpc) is 3.20. The summed E-state index contributed by atoms with van der Waals surface area (Å²) in [4.78, 5) is 36.5. The molecule has 4 rings (SSSR count). The number of nitrogens with two attached hydrogens (primary N) is 1. The molecule has 1 saturated carbocycles. The number of nitrogens with zero attached hydrogens (tertiary/aromatic N) is 5. The third kappa shape index (κ3) is 5.47. The molecule has 2 aliphatic rings. The Labute approximate surface area is 214 Å². The van der Waals surface area contributed by atoms with Crippen molar-refractivity contribution in [1.29, 1.82) is 0 Å². The molecule has 12 heteroatoms. The highest BCUT2D eigenvalue weighted by Gasteiger charge is 2.41. The fourth-order valence-corrected chi connectivity index (χ4v) is 5.45. The molecule has 0 radical (unpaired) electrons. The van der Waals surface area contributed by atoms with Crippen molar-refractivity contribution in [2.75, 3.05) is 18.0 Å². The molecule has 0 bridgehead atoms. The summed E-state index contributed by atoms with van der Waals surface area (Å²) in [5.41, 5.74) is 4.22. The Balaban J connectivity index is 1.73. The van der Waals surface area contributed by atoms with Crippen LogP contribution in [0.15, 0.2) is 12.5 Å². The summed E-state index contributed by atoms with van der Waals surface area (Å²) in [6.45, 7) is 9.59. The average molecular weight is 525 g/mol. The monoisotopic (exact) mass is 524 g/mol. The number of amides is 2. The quantitative estimate of drug-likeness (QED) is 0.634. The molecule has 4 atom stereocenters. The summed E-state index contributed by atoms with van der Waals surface area (Å²) in [7, 11) is 0. The topological polar surface area (TPSA) is 107 Å². The smallest absolute Gasteiger partial charge is 0.418 e. The Bertz CT molecular complexity index is 1170. The van der Waals surface area contributed by atoms with Gasteiger partial charge < -0.3 is 24.8 Å². The number of anilines is 1. The Kier molecular flexibility index (Phi) is 7.06. The Morgan fingerprint density at radius 2 is 1.78 bits per heavy atom. The van der Waals surface area contributed by atoms with Gasteiger partial charge in [0.05, 0.1) is 10.9 Å². The number of carbonyl (C=O) groups excluding carboxylic acids is 2. The Morgan fingerprint density at radius 3 is 2.41 bits per heavy atom. The van der Waals surface area contributed by atoms with E-state index in [0.29, 0.717) is 25.7 Å². The number of fused-ring (bicyclic) bond motifs is 1. The molecular formula is C25H35F3N6O3. The predicted octanol–water partition coefficient (Wildman–Crippen LogP) is 4.50. The largest absolute Gasteiger partial charge is 0.444 e. The highest BCUT2D eigenvalue weighted by atomic mass is 19.4. The van der Waals surface area contributed by atoms with E-state index in [1.54, 1.807) is 30.2 Å². The van der Waals surface area contributed by atoms with Crippen molar-refractivity contribution < 1.29 is 27.5 Å². The summed E-state index contributed by atoms with van der Waals surface area (Å²) in [5.74, 6) is -0.631. The second kappa shape index (κ2) is 9.68. The first-order valence-corrected chi connectivity index (χ1v) is 12.7. The molecule has 9 nitrogen and oxygen atoms in total. The van der Waals surface area contributed by atoms with Gasteiger partial charge in [-0.05, 0) is 53.9 Å². The van der Waals surface area contributed by atoms with Crippen molar-refractivity contribution in [3.8, 4) is 0 Å². The van der Waals surface area contributed by atoms with E-state index in [4.69, 9.17) is 10.5 Å². The molecule has 3 heterocycles. The SMILES string of the molecule is CC1CN(C(=O)OC(C)(C)C)[C@@H](C)CN1c1ncnc2c1c(C(F)(F)F)cn2C1CCCC(C(N)=O)C1. The second-order valence-electron chi connectivity index (χ2n) is 11.2. The van der Waals surface area contributed by atoms with Crippen LogP contribution in [-0.4, -0.2) is 62.2 Å². The minimum Gasteiger partial charge on any atom is -0.444 e. The van der Waals surface area contributed by atoms with Crippen LogP contribution in [0.1, 0.15) is 71.9 Å². The van der Waals surface area contributed by atoms with Gasteiger partial charge in [-0.1, -0.05) is 6.42 Å². The van der Waals surface area contributed by atoms with Crippen molar-refractivity contribution in [2.45, 2.75) is 90.2 Å². The van der Waals surface area contributed by atoms with Crippen molar-refractivity contribution >= 4 is 28.9 Å². The molecule has 1 saturated heterocycles. The first kappa shape index (κ1) is 27.0. The molecule has 2 N–H and O–H groups in total. The number of hydrogen-bond donors (Lipinski definition) is 1. The van der Waals surface area contributed by atoms with Gasteiger partial charge in [-0.3, -0.25) is 4.79 Å². The van der Waals surface area contributed by atoms with Gasteiger partial charge >= 0.3 is 12.3 Å². The third-order valence-electron chi connectivity index (χ3n) is 7.22. The van der Waals surface area contributed by atoms with E-state index in [-0.39, 0.29) is 54.0 Å². The fraction of sp³-hybridized carbons (Fsp3) is 0.680. The van der Waals surface area contributed by atoms with Gasteiger partial charge in [0.15, 0.2) is 0 Å². The third-order valence-corrected chi connectivity index (χ3v) is 7.22. The number of alkyl halides is 3. The van der Waals surface area contributed by atoms with Crippen LogP contribution in [0.5, 0.6) is 0 Å². The molecule has 0 spiro atoms. The van der Waals surface area contributed by atoms with Crippen LogP contribution in [0.4, 0.5) is 23.8 Å². The zero-order chi connectivity index (χ0) is 27.3. The highest BCUT2D eigenvalue weighted by Crippen LogP contribution is 2.43. The predicted molar refractivity (Wildman–Crippen MR) is 132 cm³/mol. The van der Waals surface area contributed by atoms with Crippen LogP contribution in [0, 0.1) is 5.92 Å². The van der Waals surface area contributed by atoms with Gasteiger partial charge in [0.1, 0.15) is 23.4 Å². The number of piperazine rings is 1. The maximum absolute atomic E-state index is 14.3. The standard InChI is InChI=1S/C25H35F3N6O3/c1-14-11-33(23(36)37-24(3,4)5)15(2)10-32(14)21-19-18(25(26,27)28)12-34(22(19)31-13-30-21)17-8-6-7-16(9-17)20(29)35/h12-17H,6-11H2,1-5H3,(H2,29,35)/t14?,15-,16?,17?/m0/s1. The molecular weight excluding hydrogens is 489 g/mol. The van der Waals surface area contributed by atoms with E-state index >= 15 is 0 Å². The van der Waals surface area contributed by atoms with Gasteiger partial charge in [-0.15, -0.1) is 0 Å². The molecule has 2 amide bonds. The molecule has 37 heavy (non-hydrogen) atoms. The number of ether oxygens (including phenoxy) is 1. The zero-order valence-corrected chi connectivity index (χ0v) is 21.9. The molecule has 2 aromatic heterocycles. The summed E-state index contributed by atoms with van der Waals surface area (Å²) in [5, 5.41) is -0.0685. The minimum atomic E-state index is -4.63. The van der Waals surface area contributed by atoms with Gasteiger partial charge in [-0.25, -0.2) is 14.8 Å². The molecule has 3 unspecified atom stereocenters. The Hall–Kier alpha value is -3.05. The number of primary amides is 1. The first-order valence-electron chi connectivity index (χ1n) is 12.7. The lowest BCUT2D eigenvalue weighted by molar-refractivity contribution is -0.136. The van der Waals surface area contributed by atoms with Crippen LogP contribution < -0.4 is 10.6 Å². The van der Waals surface area contributed by atoms with E-state index in [9.17, 15) is 22.8 Å². The van der Waals surface area contributed by atoms with Crippen LogP contribution >= 0.6 is 0 Å². The lowest BCUT2D eigenvalue weighted by Gasteiger charge is -2.44. The van der Waals surface area contributed by atoms with Crippen molar-refractivity contribution in [2.24, 2.45) is 11.7 Å². The van der Waals surface area contributed by atoms with E-state index in [1.807, 2.05) is 18.7 Å². The summed E-state index contributed by atoms with van der Waals surface area (Å²) in [6.07, 6.45) is -0.379. The van der Waals surface area contributed by atoms with Crippen LogP contribution in [-0.2, 0) is 15.7 Å². The van der Waals surface area contributed by atoms with E-state index in [2.05, 4.69) is 9.97 Å². The Morgan fingerprint density at radius 1 is 1.08 bits per heavy atom. The van der Waals surface area contributed by atoms with Crippen molar-refractivity contribution in [3.05, 3.63) is 18.1 Å². The van der Waals surface area contributed by atoms with E-state index < -0.39 is 29.3 Å². The molecule has 204 valence electrons. The van der Waals surface area contributed by atoms with Crippen LogP contribution in [0.2, 0.25) is 0 Å². The zero-order valence-electron chi connectivity index (χ0n) is 21.9. The molecule has 2 fully saturated rings. The van der Waals surface area contributed by atoms with Gasteiger partial charge in [0.25, 0.3) is 0 Å². The first-order chi connectivity index (χ1) is 17.2. The van der Waals surface area contributed by atoms with Crippen LogP contribution in [0.3, 0.4) is 0 Å². The van der Waals surface area contributed by atoms with Crippen LogP contribution in [0.25, 0.3) is 11.0 Å². The highest BCUT2D eigenvalue weighted by molar-refractivity contribution is 5.92. The van der Waals surface area contributed by atoms with E-state index in [1.165, 1.54) is 6.33 Å². The molecule has 2 aromatic rings. The van der Waals surface area contributed by atoms with Crippen molar-refractivity contribution in [3.63, 3.8) is 0 Å². The minimum absolute atomic E-state index is 0.0685. The maximum atomic E-state index is 14.3. The molecule has 1 aliphatic heterocycles. The summed E-state index contributed by atoms with van der Waals surface area (Å²) in [6, 6.07) is -0.963. The lowest BCUT2D eigenvalue weighted by Crippen LogP contribution is -2.59. The number of rotatable bonds is 3. The second-order valence-corrected chi connectivity index (χ2v) is 11.2. The number of halogens is 3.